The number of ether oxygens (including phenoxy) is 1. The Bertz CT molecular complexity index is 1300. The molecule has 4 aromatic rings. The van der Waals surface area contributed by atoms with Crippen molar-refractivity contribution in [3.05, 3.63) is 126 Å². The lowest BCUT2D eigenvalue weighted by Crippen LogP contribution is -2.44. The number of fused-ring (bicyclic) bond motifs is 1. The van der Waals surface area contributed by atoms with Crippen molar-refractivity contribution in [2.45, 2.75) is 31.9 Å². The molecule has 0 aromatic heterocycles. The predicted molar refractivity (Wildman–Crippen MR) is 142 cm³/mol. The molecule has 180 valence electrons. The van der Waals surface area contributed by atoms with Gasteiger partial charge < -0.3 is 15.0 Å². The van der Waals surface area contributed by atoms with Gasteiger partial charge in [-0.15, -0.1) is 0 Å². The summed E-state index contributed by atoms with van der Waals surface area (Å²) in [6.07, 6.45) is -0.297. The molecule has 1 aliphatic heterocycles. The Hall–Kier alpha value is -4.38. The van der Waals surface area contributed by atoms with Crippen molar-refractivity contribution < 1.29 is 14.3 Å². The fourth-order valence-corrected chi connectivity index (χ4v) is 4.61. The second kappa shape index (κ2) is 10.5. The summed E-state index contributed by atoms with van der Waals surface area (Å²) in [5.74, 6) is 0.351. The van der Waals surface area contributed by atoms with Crippen molar-refractivity contribution in [3.8, 4) is 5.75 Å². The molecule has 5 heteroatoms. The molecule has 1 atom stereocenters. The van der Waals surface area contributed by atoms with E-state index in [2.05, 4.69) is 29.6 Å². The van der Waals surface area contributed by atoms with E-state index in [0.717, 1.165) is 16.7 Å². The van der Waals surface area contributed by atoms with Crippen LogP contribution in [-0.4, -0.2) is 17.9 Å². The molecule has 0 bridgehead atoms. The van der Waals surface area contributed by atoms with Crippen LogP contribution in [0.25, 0.3) is 0 Å². The number of carbonyl (C=O) groups is 2. The van der Waals surface area contributed by atoms with Gasteiger partial charge >= 0.3 is 0 Å². The summed E-state index contributed by atoms with van der Waals surface area (Å²) in [5, 5.41) is 3.03. The van der Waals surface area contributed by atoms with E-state index in [9.17, 15) is 9.59 Å². The van der Waals surface area contributed by atoms with E-state index in [0.29, 0.717) is 30.1 Å². The molecule has 1 heterocycles. The molecule has 0 aliphatic carbocycles. The molecule has 0 saturated heterocycles. The number of carbonyl (C=O) groups excluding carboxylic acids is 2. The zero-order valence-corrected chi connectivity index (χ0v) is 20.1. The maximum atomic E-state index is 13.1. The minimum atomic E-state index is -0.604. The van der Waals surface area contributed by atoms with E-state index >= 15 is 0 Å². The van der Waals surface area contributed by atoms with Gasteiger partial charge in [0.05, 0.1) is 12.2 Å². The number of rotatable bonds is 7. The SMILES string of the molecule is CC1Oc2cc(NC(=O)CC(c3ccccc3)c3ccccc3)ccc2N(Cc2ccccc2)C1=O. The van der Waals surface area contributed by atoms with Gasteiger partial charge in [-0.25, -0.2) is 0 Å². The first-order valence-corrected chi connectivity index (χ1v) is 12.1. The first kappa shape index (κ1) is 23.4. The van der Waals surface area contributed by atoms with E-state index in [1.165, 1.54) is 0 Å². The van der Waals surface area contributed by atoms with Gasteiger partial charge in [-0.1, -0.05) is 91.0 Å². The monoisotopic (exact) mass is 476 g/mol. The fourth-order valence-electron chi connectivity index (χ4n) is 4.61. The number of amides is 2. The van der Waals surface area contributed by atoms with Crippen molar-refractivity contribution in [2.24, 2.45) is 0 Å². The van der Waals surface area contributed by atoms with Crippen LogP contribution in [0.3, 0.4) is 0 Å². The average molecular weight is 477 g/mol. The molecular weight excluding hydrogens is 448 g/mol. The molecule has 1 unspecified atom stereocenters. The molecule has 1 N–H and O–H groups in total. The van der Waals surface area contributed by atoms with Crippen molar-refractivity contribution in [2.75, 3.05) is 10.2 Å². The Morgan fingerprint density at radius 2 is 1.44 bits per heavy atom. The molecule has 1 aliphatic rings. The highest BCUT2D eigenvalue weighted by Crippen LogP contribution is 2.37. The Balaban J connectivity index is 1.35. The second-order valence-electron chi connectivity index (χ2n) is 8.98. The molecule has 5 nitrogen and oxygen atoms in total. The number of anilines is 2. The van der Waals surface area contributed by atoms with Gasteiger partial charge in [0.15, 0.2) is 6.10 Å². The molecule has 0 radical (unpaired) electrons. The van der Waals surface area contributed by atoms with E-state index in [4.69, 9.17) is 4.74 Å². The van der Waals surface area contributed by atoms with Crippen molar-refractivity contribution in [1.82, 2.24) is 0 Å². The summed E-state index contributed by atoms with van der Waals surface area (Å²) in [5.41, 5.74) is 4.57. The molecule has 4 aromatic carbocycles. The molecule has 0 fully saturated rings. The number of nitrogens with zero attached hydrogens (tertiary/aromatic N) is 1. The zero-order chi connectivity index (χ0) is 24.9. The van der Waals surface area contributed by atoms with Crippen LogP contribution in [0, 0.1) is 0 Å². The lowest BCUT2D eigenvalue weighted by molar-refractivity contribution is -0.125. The average Bonchev–Trinajstić information content (AvgIpc) is 2.91. The summed E-state index contributed by atoms with van der Waals surface area (Å²) >= 11 is 0. The smallest absolute Gasteiger partial charge is 0.268 e. The second-order valence-corrected chi connectivity index (χ2v) is 8.98. The van der Waals surface area contributed by atoms with Crippen molar-refractivity contribution in [1.29, 1.82) is 0 Å². The summed E-state index contributed by atoms with van der Waals surface area (Å²) in [6.45, 7) is 2.21. The van der Waals surface area contributed by atoms with Gasteiger partial charge in [0.2, 0.25) is 5.91 Å². The van der Waals surface area contributed by atoms with Crippen LogP contribution in [0.1, 0.15) is 36.0 Å². The minimum absolute atomic E-state index is 0.0553. The van der Waals surface area contributed by atoms with Crippen LogP contribution >= 0.6 is 0 Å². The predicted octanol–water partition coefficient (Wildman–Crippen LogP) is 6.16. The summed E-state index contributed by atoms with van der Waals surface area (Å²) in [7, 11) is 0. The number of nitrogens with one attached hydrogen (secondary N) is 1. The van der Waals surface area contributed by atoms with Crippen LogP contribution in [0.2, 0.25) is 0 Å². The molecule has 5 rings (SSSR count). The first-order valence-electron chi connectivity index (χ1n) is 12.1. The minimum Gasteiger partial charge on any atom is -0.479 e. The summed E-state index contributed by atoms with van der Waals surface area (Å²) in [4.78, 5) is 27.8. The Labute approximate surface area is 211 Å². The quantitative estimate of drug-likeness (QED) is 0.347. The maximum Gasteiger partial charge on any atom is 0.268 e. The van der Waals surface area contributed by atoms with Crippen LogP contribution in [0.4, 0.5) is 11.4 Å². The topological polar surface area (TPSA) is 58.6 Å². The lowest BCUT2D eigenvalue weighted by atomic mass is 9.88. The zero-order valence-electron chi connectivity index (χ0n) is 20.1. The highest BCUT2D eigenvalue weighted by molar-refractivity contribution is 6.00. The standard InChI is InChI=1S/C31H28N2O3/c1-22-31(35)33(21-23-11-5-2-6-12-23)28-18-17-26(19-29(28)36-22)32-30(34)20-27(24-13-7-3-8-14-24)25-15-9-4-10-16-25/h2-19,22,27H,20-21H2,1H3,(H,32,34). The number of hydrogen-bond acceptors (Lipinski definition) is 3. The van der Waals surface area contributed by atoms with Crippen LogP contribution in [0.5, 0.6) is 5.75 Å². The molecular formula is C31H28N2O3. The molecule has 2 amide bonds. The Morgan fingerprint density at radius 3 is 2.06 bits per heavy atom. The summed E-state index contributed by atoms with van der Waals surface area (Å²) in [6, 6.07) is 35.5. The lowest BCUT2D eigenvalue weighted by Gasteiger charge is -2.33. The van der Waals surface area contributed by atoms with E-state index in [1.54, 1.807) is 17.9 Å². The van der Waals surface area contributed by atoms with Gasteiger partial charge in [0.25, 0.3) is 5.91 Å². The summed E-state index contributed by atoms with van der Waals surface area (Å²) < 4.78 is 5.91. The van der Waals surface area contributed by atoms with Crippen LogP contribution in [0.15, 0.2) is 109 Å². The molecule has 36 heavy (non-hydrogen) atoms. The van der Waals surface area contributed by atoms with Crippen LogP contribution < -0.4 is 15.0 Å². The first-order chi connectivity index (χ1) is 17.6. The van der Waals surface area contributed by atoms with Gasteiger partial charge in [0.1, 0.15) is 5.75 Å². The van der Waals surface area contributed by atoms with Gasteiger partial charge in [-0.05, 0) is 35.7 Å². The Kier molecular flexibility index (Phi) is 6.80. The molecule has 0 saturated carbocycles. The van der Waals surface area contributed by atoms with Gasteiger partial charge in [-0.3, -0.25) is 9.59 Å². The van der Waals surface area contributed by atoms with E-state index in [-0.39, 0.29) is 17.7 Å². The molecule has 0 spiro atoms. The Morgan fingerprint density at radius 1 is 0.861 bits per heavy atom. The largest absolute Gasteiger partial charge is 0.479 e. The normalized spacial score (nSPS) is 14.8. The number of benzene rings is 4. The van der Waals surface area contributed by atoms with Crippen LogP contribution in [-0.2, 0) is 16.1 Å². The van der Waals surface area contributed by atoms with Gasteiger partial charge in [-0.2, -0.15) is 0 Å². The van der Waals surface area contributed by atoms with E-state index < -0.39 is 6.10 Å². The van der Waals surface area contributed by atoms with Crippen molar-refractivity contribution >= 4 is 23.2 Å². The third-order valence-corrected chi connectivity index (χ3v) is 6.43. The highest BCUT2D eigenvalue weighted by atomic mass is 16.5. The third kappa shape index (κ3) is 5.15. The number of hydrogen-bond donors (Lipinski definition) is 1. The fraction of sp³-hybridized carbons (Fsp3) is 0.161. The highest BCUT2D eigenvalue weighted by Gasteiger charge is 2.32. The maximum absolute atomic E-state index is 13.1. The van der Waals surface area contributed by atoms with Crippen molar-refractivity contribution in [3.63, 3.8) is 0 Å². The van der Waals surface area contributed by atoms with Gasteiger partial charge in [0, 0.05) is 24.1 Å². The third-order valence-electron chi connectivity index (χ3n) is 6.43. The van der Waals surface area contributed by atoms with E-state index in [1.807, 2.05) is 78.9 Å².